The van der Waals surface area contributed by atoms with Gasteiger partial charge in [0.25, 0.3) is 0 Å². The van der Waals surface area contributed by atoms with E-state index < -0.39 is 10.0 Å². The van der Waals surface area contributed by atoms with E-state index in [-0.39, 0.29) is 17.6 Å². The van der Waals surface area contributed by atoms with Gasteiger partial charge < -0.3 is 5.32 Å². The second-order valence-corrected chi connectivity index (χ2v) is 7.52. The number of sulfonamides is 1. The number of carbonyl (C=O) groups is 1. The molecule has 0 aromatic heterocycles. The molecule has 2 aliphatic rings. The maximum absolute atomic E-state index is 11.9. The highest BCUT2D eigenvalue weighted by atomic mass is 32.2. The molecule has 1 N–H and O–H groups in total. The number of nitrogens with zero attached hydrogens (tertiary/aromatic N) is 1. The fraction of sp³-hybridized carbons (Fsp3) is 0.500. The molecule has 1 saturated heterocycles. The van der Waals surface area contributed by atoms with E-state index in [9.17, 15) is 13.2 Å². The predicted octanol–water partition coefficient (Wildman–Crippen LogP) is 1.88. The third-order valence-corrected chi connectivity index (χ3v) is 5.67. The molecule has 0 spiro atoms. The second-order valence-electron chi connectivity index (χ2n) is 5.50. The molecule has 1 aromatic carbocycles. The molecule has 0 atom stereocenters. The van der Waals surface area contributed by atoms with E-state index in [4.69, 9.17) is 0 Å². The van der Waals surface area contributed by atoms with E-state index >= 15 is 0 Å². The van der Waals surface area contributed by atoms with Gasteiger partial charge in [0.1, 0.15) is 0 Å². The molecule has 6 heteroatoms. The summed E-state index contributed by atoms with van der Waals surface area (Å²) in [7, 11) is -3.15. The summed E-state index contributed by atoms with van der Waals surface area (Å²) in [4.78, 5) is 11.8. The van der Waals surface area contributed by atoms with Crippen LogP contribution in [0.1, 0.15) is 24.8 Å². The van der Waals surface area contributed by atoms with Gasteiger partial charge in [0, 0.05) is 18.2 Å². The fourth-order valence-corrected chi connectivity index (χ4v) is 4.01. The molecule has 2 fully saturated rings. The van der Waals surface area contributed by atoms with E-state index in [1.165, 1.54) is 4.31 Å². The lowest BCUT2D eigenvalue weighted by Crippen LogP contribution is -2.25. The van der Waals surface area contributed by atoms with E-state index in [0.717, 1.165) is 24.1 Å². The Bertz CT molecular complexity index is 650. The van der Waals surface area contributed by atoms with Crippen molar-refractivity contribution in [1.29, 1.82) is 0 Å². The Hall–Kier alpha value is -1.56. The van der Waals surface area contributed by atoms with Gasteiger partial charge in [0.05, 0.1) is 11.4 Å². The SMILES string of the molecule is Cc1cc(N2CCCS2(=O)=O)ccc1NC(=O)C1CC1. The van der Waals surface area contributed by atoms with E-state index in [0.29, 0.717) is 18.7 Å². The van der Waals surface area contributed by atoms with Crippen LogP contribution in [0.2, 0.25) is 0 Å². The Balaban J connectivity index is 1.82. The number of aryl methyl sites for hydroxylation is 1. The standard InChI is InChI=1S/C14H18N2O3S/c1-10-9-12(16-7-2-8-20(16,18)19)5-6-13(10)15-14(17)11-3-4-11/h5-6,9,11H,2-4,7-8H2,1H3,(H,15,17). The lowest BCUT2D eigenvalue weighted by atomic mass is 10.1. The number of hydrogen-bond acceptors (Lipinski definition) is 3. The summed E-state index contributed by atoms with van der Waals surface area (Å²) in [5, 5.41) is 2.90. The first kappa shape index (κ1) is 13.4. The highest BCUT2D eigenvalue weighted by Crippen LogP contribution is 2.32. The van der Waals surface area contributed by atoms with E-state index in [2.05, 4.69) is 5.32 Å². The maximum Gasteiger partial charge on any atom is 0.235 e. The molecular formula is C14H18N2O3S. The van der Waals surface area contributed by atoms with Gasteiger partial charge in [-0.25, -0.2) is 8.42 Å². The summed E-state index contributed by atoms with van der Waals surface area (Å²) in [5.41, 5.74) is 2.34. The van der Waals surface area contributed by atoms with Crippen molar-refractivity contribution in [3.8, 4) is 0 Å². The molecule has 20 heavy (non-hydrogen) atoms. The fourth-order valence-electron chi connectivity index (χ4n) is 2.45. The van der Waals surface area contributed by atoms with Crippen molar-refractivity contribution in [2.24, 2.45) is 5.92 Å². The van der Waals surface area contributed by atoms with Crippen LogP contribution < -0.4 is 9.62 Å². The highest BCUT2D eigenvalue weighted by Gasteiger charge is 2.30. The molecule has 0 bridgehead atoms. The molecule has 1 amide bonds. The van der Waals surface area contributed by atoms with Crippen LogP contribution in [0.15, 0.2) is 18.2 Å². The lowest BCUT2D eigenvalue weighted by molar-refractivity contribution is -0.117. The second kappa shape index (κ2) is 4.77. The molecule has 0 unspecified atom stereocenters. The van der Waals surface area contributed by atoms with E-state index in [1.807, 2.05) is 13.0 Å². The first-order valence-electron chi connectivity index (χ1n) is 6.89. The summed E-state index contributed by atoms with van der Waals surface area (Å²) in [6, 6.07) is 5.38. The van der Waals surface area contributed by atoms with Crippen LogP contribution in [-0.4, -0.2) is 26.6 Å². The predicted molar refractivity (Wildman–Crippen MR) is 78.3 cm³/mol. The number of benzene rings is 1. The van der Waals surface area contributed by atoms with Gasteiger partial charge in [0.15, 0.2) is 0 Å². The molecule has 1 aliphatic heterocycles. The zero-order chi connectivity index (χ0) is 14.3. The van der Waals surface area contributed by atoms with Gasteiger partial charge in [-0.3, -0.25) is 9.10 Å². The Morgan fingerprint density at radius 3 is 2.65 bits per heavy atom. The smallest absolute Gasteiger partial charge is 0.235 e. The van der Waals surface area contributed by atoms with Crippen molar-refractivity contribution in [1.82, 2.24) is 0 Å². The molecule has 0 radical (unpaired) electrons. The monoisotopic (exact) mass is 294 g/mol. The van der Waals surface area contributed by atoms with Crippen molar-refractivity contribution in [2.75, 3.05) is 21.9 Å². The summed E-state index contributed by atoms with van der Waals surface area (Å²) >= 11 is 0. The maximum atomic E-state index is 11.9. The topological polar surface area (TPSA) is 66.5 Å². The van der Waals surface area contributed by atoms with Crippen LogP contribution in [0.25, 0.3) is 0 Å². The van der Waals surface area contributed by atoms with Crippen LogP contribution in [0.3, 0.4) is 0 Å². The van der Waals surface area contributed by atoms with Crippen molar-refractivity contribution in [2.45, 2.75) is 26.2 Å². The van der Waals surface area contributed by atoms with E-state index in [1.54, 1.807) is 12.1 Å². The highest BCUT2D eigenvalue weighted by molar-refractivity contribution is 7.93. The third-order valence-electron chi connectivity index (χ3n) is 3.80. The molecule has 108 valence electrons. The van der Waals surface area contributed by atoms with Crippen molar-refractivity contribution in [3.05, 3.63) is 23.8 Å². The molecule has 1 saturated carbocycles. The molecule has 3 rings (SSSR count). The third kappa shape index (κ3) is 2.52. The first-order valence-corrected chi connectivity index (χ1v) is 8.50. The van der Waals surface area contributed by atoms with Gasteiger partial charge in [-0.05, 0) is 49.9 Å². The Kier molecular flexibility index (Phi) is 3.20. The minimum atomic E-state index is -3.15. The zero-order valence-corrected chi connectivity index (χ0v) is 12.2. The number of hydrogen-bond donors (Lipinski definition) is 1. The van der Waals surface area contributed by atoms with Crippen molar-refractivity contribution < 1.29 is 13.2 Å². The van der Waals surface area contributed by atoms with Gasteiger partial charge in [0.2, 0.25) is 15.9 Å². The Labute approximate surface area is 119 Å². The van der Waals surface area contributed by atoms with Crippen LogP contribution in [-0.2, 0) is 14.8 Å². The largest absolute Gasteiger partial charge is 0.326 e. The number of anilines is 2. The molecule has 1 heterocycles. The van der Waals surface area contributed by atoms with Gasteiger partial charge in [-0.15, -0.1) is 0 Å². The average Bonchev–Trinajstić information content (AvgIpc) is 3.16. The normalized spacial score (nSPS) is 20.9. The van der Waals surface area contributed by atoms with Crippen LogP contribution in [0.4, 0.5) is 11.4 Å². The minimum absolute atomic E-state index is 0.0645. The summed E-state index contributed by atoms with van der Waals surface area (Å²) in [6.07, 6.45) is 2.60. The number of rotatable bonds is 3. The minimum Gasteiger partial charge on any atom is -0.326 e. The van der Waals surface area contributed by atoms with Crippen LogP contribution in [0.5, 0.6) is 0 Å². The summed E-state index contributed by atoms with van der Waals surface area (Å²) in [5.74, 6) is 0.439. The molecule has 5 nitrogen and oxygen atoms in total. The van der Waals surface area contributed by atoms with Gasteiger partial charge in [-0.1, -0.05) is 0 Å². The average molecular weight is 294 g/mol. The first-order chi connectivity index (χ1) is 9.47. The van der Waals surface area contributed by atoms with Crippen molar-refractivity contribution in [3.63, 3.8) is 0 Å². The van der Waals surface area contributed by atoms with Crippen LogP contribution >= 0.6 is 0 Å². The van der Waals surface area contributed by atoms with Crippen molar-refractivity contribution >= 4 is 27.3 Å². The number of nitrogens with one attached hydrogen (secondary N) is 1. The van der Waals surface area contributed by atoms with Gasteiger partial charge >= 0.3 is 0 Å². The van der Waals surface area contributed by atoms with Crippen LogP contribution in [0, 0.1) is 12.8 Å². The van der Waals surface area contributed by atoms with Gasteiger partial charge in [-0.2, -0.15) is 0 Å². The zero-order valence-electron chi connectivity index (χ0n) is 11.4. The molecule has 1 aliphatic carbocycles. The number of carbonyl (C=O) groups excluding carboxylic acids is 1. The summed E-state index contributed by atoms with van der Waals surface area (Å²) in [6.45, 7) is 2.42. The molecular weight excluding hydrogens is 276 g/mol. The lowest BCUT2D eigenvalue weighted by Gasteiger charge is -2.18. The quantitative estimate of drug-likeness (QED) is 0.925. The Morgan fingerprint density at radius 2 is 2.10 bits per heavy atom. The Morgan fingerprint density at radius 1 is 1.35 bits per heavy atom. The number of amides is 1. The summed E-state index contributed by atoms with van der Waals surface area (Å²) < 4.78 is 25.2. The molecule has 1 aromatic rings.